The van der Waals surface area contributed by atoms with E-state index < -0.39 is 10.2 Å². The molecule has 108 valence electrons. The van der Waals surface area contributed by atoms with Crippen LogP contribution in [0.25, 0.3) is 0 Å². The van der Waals surface area contributed by atoms with Gasteiger partial charge in [-0.1, -0.05) is 13.8 Å². The summed E-state index contributed by atoms with van der Waals surface area (Å²) in [6.07, 6.45) is 3.80. The SMILES string of the molecule is CCCN(CCC)S(=O)(=O)NCCC1CCNC1. The molecule has 0 aromatic carbocycles. The molecule has 0 spiro atoms. The zero-order valence-corrected chi connectivity index (χ0v) is 12.4. The van der Waals surface area contributed by atoms with Crippen LogP contribution in [-0.2, 0) is 10.2 Å². The molecule has 1 saturated heterocycles. The Kier molecular flexibility index (Phi) is 7.14. The molecule has 18 heavy (non-hydrogen) atoms. The van der Waals surface area contributed by atoms with Crippen LogP contribution in [0.2, 0.25) is 0 Å². The monoisotopic (exact) mass is 277 g/mol. The summed E-state index contributed by atoms with van der Waals surface area (Å²) >= 11 is 0. The first-order chi connectivity index (χ1) is 8.60. The van der Waals surface area contributed by atoms with E-state index in [0.717, 1.165) is 38.8 Å². The Morgan fingerprint density at radius 1 is 1.28 bits per heavy atom. The molecule has 0 amide bonds. The van der Waals surface area contributed by atoms with Crippen molar-refractivity contribution in [2.24, 2.45) is 5.92 Å². The van der Waals surface area contributed by atoms with Gasteiger partial charge in [-0.05, 0) is 44.7 Å². The highest BCUT2D eigenvalue weighted by Gasteiger charge is 2.21. The molecule has 1 unspecified atom stereocenters. The van der Waals surface area contributed by atoms with Crippen LogP contribution in [0.15, 0.2) is 0 Å². The van der Waals surface area contributed by atoms with Crippen LogP contribution in [0.1, 0.15) is 39.5 Å². The summed E-state index contributed by atoms with van der Waals surface area (Å²) in [6, 6.07) is 0. The largest absolute Gasteiger partial charge is 0.316 e. The topological polar surface area (TPSA) is 61.4 Å². The Morgan fingerprint density at radius 2 is 1.94 bits per heavy atom. The predicted molar refractivity (Wildman–Crippen MR) is 74.7 cm³/mol. The minimum Gasteiger partial charge on any atom is -0.316 e. The number of hydrogen-bond donors (Lipinski definition) is 2. The summed E-state index contributed by atoms with van der Waals surface area (Å²) in [7, 11) is -3.28. The molecule has 1 aliphatic rings. The van der Waals surface area contributed by atoms with E-state index in [1.165, 1.54) is 0 Å². The smallest absolute Gasteiger partial charge is 0.279 e. The van der Waals surface area contributed by atoms with E-state index in [1.807, 2.05) is 13.8 Å². The van der Waals surface area contributed by atoms with Gasteiger partial charge in [0, 0.05) is 19.6 Å². The molecule has 6 heteroatoms. The Morgan fingerprint density at radius 3 is 2.44 bits per heavy atom. The Hall–Kier alpha value is -0.170. The first-order valence-corrected chi connectivity index (χ1v) is 8.49. The van der Waals surface area contributed by atoms with E-state index in [9.17, 15) is 8.42 Å². The third-order valence-corrected chi connectivity index (χ3v) is 4.90. The fourth-order valence-corrected chi connectivity index (χ4v) is 3.70. The van der Waals surface area contributed by atoms with Crippen molar-refractivity contribution in [2.75, 3.05) is 32.7 Å². The second kappa shape index (κ2) is 8.09. The lowest BCUT2D eigenvalue weighted by molar-refractivity contribution is 0.399. The van der Waals surface area contributed by atoms with E-state index in [0.29, 0.717) is 25.6 Å². The van der Waals surface area contributed by atoms with E-state index in [1.54, 1.807) is 4.31 Å². The summed E-state index contributed by atoms with van der Waals surface area (Å²) in [5.74, 6) is 0.624. The van der Waals surface area contributed by atoms with Crippen molar-refractivity contribution in [3.63, 3.8) is 0 Å². The average Bonchev–Trinajstić information content (AvgIpc) is 2.81. The number of nitrogens with one attached hydrogen (secondary N) is 2. The summed E-state index contributed by atoms with van der Waals surface area (Å²) in [6.45, 7) is 7.86. The average molecular weight is 277 g/mol. The molecule has 5 nitrogen and oxygen atoms in total. The van der Waals surface area contributed by atoms with Crippen molar-refractivity contribution in [3.8, 4) is 0 Å². The number of nitrogens with zero attached hydrogens (tertiary/aromatic N) is 1. The molecule has 0 saturated carbocycles. The molecule has 0 radical (unpaired) electrons. The van der Waals surface area contributed by atoms with Gasteiger partial charge in [-0.3, -0.25) is 0 Å². The van der Waals surface area contributed by atoms with Crippen LogP contribution < -0.4 is 10.0 Å². The van der Waals surface area contributed by atoms with Crippen molar-refractivity contribution in [1.29, 1.82) is 0 Å². The molecule has 1 fully saturated rings. The van der Waals surface area contributed by atoms with E-state index in [4.69, 9.17) is 0 Å². The minimum atomic E-state index is -3.28. The maximum Gasteiger partial charge on any atom is 0.279 e. The van der Waals surface area contributed by atoms with Gasteiger partial charge in [-0.25, -0.2) is 4.72 Å². The summed E-state index contributed by atoms with van der Waals surface area (Å²) in [5, 5.41) is 3.30. The minimum absolute atomic E-state index is 0.554. The van der Waals surface area contributed by atoms with Gasteiger partial charge in [0.2, 0.25) is 0 Å². The molecule has 0 aliphatic carbocycles. The highest BCUT2D eigenvalue weighted by molar-refractivity contribution is 7.87. The lowest BCUT2D eigenvalue weighted by Gasteiger charge is -2.21. The van der Waals surface area contributed by atoms with Crippen LogP contribution in [0.5, 0.6) is 0 Å². The summed E-state index contributed by atoms with van der Waals surface area (Å²) < 4.78 is 28.4. The second-order valence-corrected chi connectivity index (χ2v) is 6.70. The van der Waals surface area contributed by atoms with Gasteiger partial charge in [0.05, 0.1) is 0 Å². The highest BCUT2D eigenvalue weighted by Crippen LogP contribution is 2.11. The van der Waals surface area contributed by atoms with Gasteiger partial charge in [-0.2, -0.15) is 12.7 Å². The molecule has 0 aromatic heterocycles. The molecular weight excluding hydrogens is 250 g/mol. The van der Waals surface area contributed by atoms with Crippen LogP contribution in [0.4, 0.5) is 0 Å². The Balaban J connectivity index is 2.35. The third kappa shape index (κ3) is 5.22. The van der Waals surface area contributed by atoms with Gasteiger partial charge < -0.3 is 5.32 Å². The van der Waals surface area contributed by atoms with Crippen molar-refractivity contribution >= 4 is 10.2 Å². The molecule has 0 bridgehead atoms. The number of hydrogen-bond acceptors (Lipinski definition) is 3. The van der Waals surface area contributed by atoms with Gasteiger partial charge in [0.15, 0.2) is 0 Å². The first kappa shape index (κ1) is 15.9. The third-order valence-electron chi connectivity index (χ3n) is 3.29. The molecule has 1 atom stereocenters. The first-order valence-electron chi connectivity index (χ1n) is 7.05. The number of rotatable bonds is 9. The van der Waals surface area contributed by atoms with Gasteiger partial charge in [-0.15, -0.1) is 0 Å². The second-order valence-electron chi connectivity index (χ2n) is 4.95. The summed E-state index contributed by atoms with van der Waals surface area (Å²) in [4.78, 5) is 0. The normalized spacial score (nSPS) is 20.7. The van der Waals surface area contributed by atoms with Gasteiger partial charge >= 0.3 is 0 Å². The molecule has 1 rings (SSSR count). The molecular formula is C12H27N3O2S. The lowest BCUT2D eigenvalue weighted by atomic mass is 10.1. The van der Waals surface area contributed by atoms with E-state index in [2.05, 4.69) is 10.0 Å². The molecule has 2 N–H and O–H groups in total. The van der Waals surface area contributed by atoms with Crippen molar-refractivity contribution in [3.05, 3.63) is 0 Å². The molecule has 1 heterocycles. The zero-order chi connectivity index (χ0) is 13.4. The highest BCUT2D eigenvalue weighted by atomic mass is 32.2. The van der Waals surface area contributed by atoms with Crippen LogP contribution in [0.3, 0.4) is 0 Å². The van der Waals surface area contributed by atoms with Crippen molar-refractivity contribution < 1.29 is 8.42 Å². The van der Waals surface area contributed by atoms with Crippen molar-refractivity contribution in [2.45, 2.75) is 39.5 Å². The fourth-order valence-electron chi connectivity index (χ4n) is 2.30. The van der Waals surface area contributed by atoms with E-state index in [-0.39, 0.29) is 0 Å². The Bertz CT molecular complexity index is 307. The standard InChI is InChI=1S/C12H27N3O2S/c1-3-9-15(10-4-2)18(16,17)14-8-6-12-5-7-13-11-12/h12-14H,3-11H2,1-2H3. The molecule has 0 aromatic rings. The molecule has 1 aliphatic heterocycles. The van der Waals surface area contributed by atoms with E-state index >= 15 is 0 Å². The van der Waals surface area contributed by atoms with Crippen LogP contribution in [0, 0.1) is 5.92 Å². The van der Waals surface area contributed by atoms with Crippen LogP contribution >= 0.6 is 0 Å². The summed E-state index contributed by atoms with van der Waals surface area (Å²) in [5.41, 5.74) is 0. The van der Waals surface area contributed by atoms with Gasteiger partial charge in [0.25, 0.3) is 10.2 Å². The maximum absolute atomic E-state index is 12.1. The lowest BCUT2D eigenvalue weighted by Crippen LogP contribution is -2.42. The predicted octanol–water partition coefficient (Wildman–Crippen LogP) is 0.942. The van der Waals surface area contributed by atoms with Crippen LogP contribution in [-0.4, -0.2) is 45.4 Å². The van der Waals surface area contributed by atoms with Crippen molar-refractivity contribution in [1.82, 2.24) is 14.3 Å². The van der Waals surface area contributed by atoms with Gasteiger partial charge in [0.1, 0.15) is 0 Å². The maximum atomic E-state index is 12.1. The quantitative estimate of drug-likeness (QED) is 0.659. The fraction of sp³-hybridized carbons (Fsp3) is 1.00. The Labute approximate surface area is 112 Å². The zero-order valence-electron chi connectivity index (χ0n) is 11.6.